The van der Waals surface area contributed by atoms with E-state index in [1.165, 1.54) is 57.8 Å². The first-order valence-electron chi connectivity index (χ1n) is 7.15. The van der Waals surface area contributed by atoms with Gasteiger partial charge in [-0.25, -0.2) is 0 Å². The molecule has 0 spiro atoms. The molecular formula is C14H29NO. The van der Waals surface area contributed by atoms with E-state index in [1.807, 2.05) is 0 Å². The molecule has 2 unspecified atom stereocenters. The minimum Gasteiger partial charge on any atom is -0.378 e. The highest BCUT2D eigenvalue weighted by Gasteiger charge is 2.16. The number of hydrogen-bond acceptors (Lipinski definition) is 2. The second-order valence-corrected chi connectivity index (χ2v) is 5.05. The molecule has 1 aliphatic rings. The molecule has 0 aliphatic carbocycles. The first-order valence-corrected chi connectivity index (χ1v) is 7.15. The van der Waals surface area contributed by atoms with E-state index in [2.05, 4.69) is 19.3 Å². The molecule has 2 atom stereocenters. The van der Waals surface area contributed by atoms with Gasteiger partial charge in [-0.3, -0.25) is 0 Å². The molecule has 1 aliphatic heterocycles. The van der Waals surface area contributed by atoms with Gasteiger partial charge in [0.2, 0.25) is 0 Å². The molecule has 16 heavy (non-hydrogen) atoms. The van der Waals surface area contributed by atoms with E-state index in [0.29, 0.717) is 12.1 Å². The zero-order chi connectivity index (χ0) is 11.6. The summed E-state index contributed by atoms with van der Waals surface area (Å²) in [6, 6.07) is 0.709. The van der Waals surface area contributed by atoms with Crippen molar-refractivity contribution >= 4 is 0 Å². The van der Waals surface area contributed by atoms with Gasteiger partial charge in [-0.15, -0.1) is 0 Å². The van der Waals surface area contributed by atoms with Crippen LogP contribution in [0.3, 0.4) is 0 Å². The van der Waals surface area contributed by atoms with E-state index < -0.39 is 0 Å². The topological polar surface area (TPSA) is 21.3 Å². The quantitative estimate of drug-likeness (QED) is 0.609. The van der Waals surface area contributed by atoms with Crippen LogP contribution < -0.4 is 5.32 Å². The van der Waals surface area contributed by atoms with Crippen LogP contribution in [0.15, 0.2) is 0 Å². The van der Waals surface area contributed by atoms with Gasteiger partial charge in [-0.2, -0.15) is 0 Å². The summed E-state index contributed by atoms with van der Waals surface area (Å²) in [6.45, 7) is 3.26. The molecule has 1 fully saturated rings. The van der Waals surface area contributed by atoms with E-state index in [0.717, 1.165) is 6.61 Å². The lowest BCUT2D eigenvalue weighted by atomic mass is 10.0. The van der Waals surface area contributed by atoms with Crippen LogP contribution in [0.4, 0.5) is 0 Å². The first-order chi connectivity index (χ1) is 7.86. The SMILES string of the molecule is CCCCCCC(CCC1CCCO1)NC. The average molecular weight is 227 g/mol. The summed E-state index contributed by atoms with van der Waals surface area (Å²) < 4.78 is 5.66. The number of unbranched alkanes of at least 4 members (excludes halogenated alkanes) is 3. The predicted molar refractivity (Wildman–Crippen MR) is 69.8 cm³/mol. The fraction of sp³-hybridized carbons (Fsp3) is 1.00. The van der Waals surface area contributed by atoms with Crippen molar-refractivity contribution in [3.05, 3.63) is 0 Å². The van der Waals surface area contributed by atoms with E-state index >= 15 is 0 Å². The third-order valence-corrected chi connectivity index (χ3v) is 3.68. The molecule has 96 valence electrons. The highest BCUT2D eigenvalue weighted by molar-refractivity contribution is 4.71. The normalized spacial score (nSPS) is 22.5. The van der Waals surface area contributed by atoms with Gasteiger partial charge < -0.3 is 10.1 Å². The fourth-order valence-electron chi connectivity index (χ4n) is 2.51. The standard InChI is InChI=1S/C14H29NO/c1-3-4-5-6-8-13(15-2)10-11-14-9-7-12-16-14/h13-15H,3-12H2,1-2H3. The molecule has 1 heterocycles. The lowest BCUT2D eigenvalue weighted by molar-refractivity contribution is 0.0994. The Labute approximate surface area is 101 Å². The molecule has 1 N–H and O–H groups in total. The first kappa shape index (κ1) is 14.0. The summed E-state index contributed by atoms with van der Waals surface area (Å²) in [4.78, 5) is 0. The van der Waals surface area contributed by atoms with Crippen LogP contribution in [0.5, 0.6) is 0 Å². The summed E-state index contributed by atoms with van der Waals surface area (Å²) >= 11 is 0. The molecule has 0 aromatic heterocycles. The van der Waals surface area contributed by atoms with Gasteiger partial charge in [0.05, 0.1) is 6.10 Å². The molecule has 1 rings (SSSR count). The minimum absolute atomic E-state index is 0.562. The maximum atomic E-state index is 5.66. The van der Waals surface area contributed by atoms with Crippen LogP contribution in [-0.4, -0.2) is 25.8 Å². The van der Waals surface area contributed by atoms with Crippen molar-refractivity contribution in [2.24, 2.45) is 0 Å². The van der Waals surface area contributed by atoms with E-state index in [9.17, 15) is 0 Å². The van der Waals surface area contributed by atoms with E-state index in [-0.39, 0.29) is 0 Å². The molecule has 2 heteroatoms. The van der Waals surface area contributed by atoms with Crippen molar-refractivity contribution in [3.8, 4) is 0 Å². The van der Waals surface area contributed by atoms with Gasteiger partial charge in [0.25, 0.3) is 0 Å². The van der Waals surface area contributed by atoms with Crippen LogP contribution in [0, 0.1) is 0 Å². The Hall–Kier alpha value is -0.0800. The van der Waals surface area contributed by atoms with Crippen LogP contribution in [0.1, 0.15) is 64.7 Å². The van der Waals surface area contributed by atoms with Gasteiger partial charge in [0, 0.05) is 12.6 Å². The molecule has 0 amide bonds. The number of ether oxygens (including phenoxy) is 1. The summed E-state index contributed by atoms with van der Waals surface area (Å²) in [7, 11) is 2.10. The number of rotatable bonds is 9. The summed E-state index contributed by atoms with van der Waals surface area (Å²) in [5.41, 5.74) is 0. The number of hydrogen-bond donors (Lipinski definition) is 1. The second kappa shape index (κ2) is 9.00. The smallest absolute Gasteiger partial charge is 0.0576 e. The van der Waals surface area contributed by atoms with Gasteiger partial charge in [0.15, 0.2) is 0 Å². The molecule has 0 aromatic carbocycles. The second-order valence-electron chi connectivity index (χ2n) is 5.05. The van der Waals surface area contributed by atoms with Crippen LogP contribution in [0.25, 0.3) is 0 Å². The van der Waals surface area contributed by atoms with Crippen LogP contribution in [-0.2, 0) is 4.74 Å². The maximum Gasteiger partial charge on any atom is 0.0576 e. The summed E-state index contributed by atoms with van der Waals surface area (Å²) in [5.74, 6) is 0. The van der Waals surface area contributed by atoms with Crippen molar-refractivity contribution in [2.75, 3.05) is 13.7 Å². The van der Waals surface area contributed by atoms with E-state index in [1.54, 1.807) is 0 Å². The Morgan fingerprint density at radius 3 is 2.75 bits per heavy atom. The maximum absolute atomic E-state index is 5.66. The van der Waals surface area contributed by atoms with Gasteiger partial charge in [-0.05, 0) is 39.2 Å². The highest BCUT2D eigenvalue weighted by Crippen LogP contribution is 2.19. The van der Waals surface area contributed by atoms with Gasteiger partial charge in [-0.1, -0.05) is 32.6 Å². The van der Waals surface area contributed by atoms with Crippen LogP contribution in [0.2, 0.25) is 0 Å². The molecule has 0 radical (unpaired) electrons. The van der Waals surface area contributed by atoms with Crippen molar-refractivity contribution in [3.63, 3.8) is 0 Å². The highest BCUT2D eigenvalue weighted by atomic mass is 16.5. The monoisotopic (exact) mass is 227 g/mol. The largest absolute Gasteiger partial charge is 0.378 e. The van der Waals surface area contributed by atoms with Crippen molar-refractivity contribution in [2.45, 2.75) is 76.9 Å². The molecule has 0 aromatic rings. The lowest BCUT2D eigenvalue weighted by Crippen LogP contribution is -2.26. The molecule has 0 saturated carbocycles. The van der Waals surface area contributed by atoms with Crippen molar-refractivity contribution in [1.29, 1.82) is 0 Å². The zero-order valence-electron chi connectivity index (χ0n) is 11.1. The summed E-state index contributed by atoms with van der Waals surface area (Å²) in [6.07, 6.45) is 12.5. The molecule has 1 saturated heterocycles. The average Bonchev–Trinajstić information content (AvgIpc) is 2.81. The minimum atomic E-state index is 0.562. The van der Waals surface area contributed by atoms with Gasteiger partial charge in [0.1, 0.15) is 0 Å². The zero-order valence-corrected chi connectivity index (χ0v) is 11.1. The van der Waals surface area contributed by atoms with Crippen molar-refractivity contribution in [1.82, 2.24) is 5.32 Å². The third kappa shape index (κ3) is 5.86. The number of nitrogens with one attached hydrogen (secondary N) is 1. The molecular weight excluding hydrogens is 198 g/mol. The Bertz CT molecular complexity index is 155. The van der Waals surface area contributed by atoms with E-state index in [4.69, 9.17) is 4.74 Å². The summed E-state index contributed by atoms with van der Waals surface area (Å²) in [5, 5.41) is 3.45. The Morgan fingerprint density at radius 1 is 1.25 bits per heavy atom. The lowest BCUT2D eigenvalue weighted by Gasteiger charge is -2.18. The Kier molecular flexibility index (Phi) is 7.87. The fourth-order valence-corrected chi connectivity index (χ4v) is 2.51. The Balaban J connectivity index is 2.01. The molecule has 0 bridgehead atoms. The molecule has 2 nitrogen and oxygen atoms in total. The van der Waals surface area contributed by atoms with Gasteiger partial charge >= 0.3 is 0 Å². The third-order valence-electron chi connectivity index (χ3n) is 3.68. The van der Waals surface area contributed by atoms with Crippen molar-refractivity contribution < 1.29 is 4.74 Å². The van der Waals surface area contributed by atoms with Crippen LogP contribution >= 0.6 is 0 Å². The Morgan fingerprint density at radius 2 is 2.12 bits per heavy atom. The predicted octanol–water partition coefficient (Wildman–Crippen LogP) is 3.50.